The molecule has 2 amide bonds. The van der Waals surface area contributed by atoms with Gasteiger partial charge in [0.05, 0.1) is 6.61 Å². The van der Waals surface area contributed by atoms with Gasteiger partial charge in [-0.1, -0.05) is 13.8 Å². The lowest BCUT2D eigenvalue weighted by molar-refractivity contribution is -0.123. The van der Waals surface area contributed by atoms with Crippen LogP contribution in [-0.2, 0) is 21.9 Å². The Morgan fingerprint density at radius 3 is 2.46 bits per heavy atom. The molecule has 10 heteroatoms. The quantitative estimate of drug-likeness (QED) is 0.443. The highest BCUT2D eigenvalue weighted by molar-refractivity contribution is 7.89. The van der Waals surface area contributed by atoms with E-state index in [2.05, 4.69) is 10.0 Å². The third-order valence-corrected chi connectivity index (χ3v) is 4.71. The van der Waals surface area contributed by atoms with Crippen molar-refractivity contribution in [3.63, 3.8) is 0 Å². The molecule has 0 radical (unpaired) electrons. The van der Waals surface area contributed by atoms with Crippen LogP contribution >= 0.6 is 0 Å². The summed E-state index contributed by atoms with van der Waals surface area (Å²) in [7, 11) is -2.51. The van der Waals surface area contributed by atoms with Crippen LogP contribution in [0.2, 0.25) is 0 Å². The van der Waals surface area contributed by atoms with E-state index in [9.17, 15) is 18.0 Å². The summed E-state index contributed by atoms with van der Waals surface area (Å²) in [4.78, 5) is 23.2. The third kappa shape index (κ3) is 5.32. The zero-order valence-corrected chi connectivity index (χ0v) is 14.8. The van der Waals surface area contributed by atoms with Crippen LogP contribution in [0.15, 0.2) is 17.2 Å². The summed E-state index contributed by atoms with van der Waals surface area (Å²) in [5, 5.41) is 11.2. The Labute approximate surface area is 141 Å². The minimum Gasteiger partial charge on any atom is -0.395 e. The van der Waals surface area contributed by atoms with Crippen LogP contribution in [0.1, 0.15) is 30.8 Å². The molecule has 0 spiro atoms. The molecule has 1 aromatic rings. The number of aromatic nitrogens is 1. The molecule has 0 aliphatic heterocycles. The van der Waals surface area contributed by atoms with Crippen molar-refractivity contribution in [2.45, 2.75) is 31.2 Å². The van der Waals surface area contributed by atoms with Gasteiger partial charge in [-0.3, -0.25) is 9.59 Å². The first kappa shape index (κ1) is 20.1. The average Bonchev–Trinajstić information content (AvgIpc) is 2.86. The van der Waals surface area contributed by atoms with Gasteiger partial charge in [-0.15, -0.1) is 0 Å². The maximum Gasteiger partial charge on any atom is 0.265 e. The van der Waals surface area contributed by atoms with Gasteiger partial charge in [0.25, 0.3) is 5.91 Å². The monoisotopic (exact) mass is 360 g/mol. The SMILES string of the molecule is CC(C)C[C@H](NS(=O)(=O)c1cc(C(N)=O)n(C)c1)C(=O)NCCO. The first-order valence-corrected chi connectivity index (χ1v) is 8.94. The van der Waals surface area contributed by atoms with Crippen molar-refractivity contribution < 1.29 is 23.1 Å². The van der Waals surface area contributed by atoms with Crippen LogP contribution in [0.3, 0.4) is 0 Å². The number of hydrogen-bond acceptors (Lipinski definition) is 5. The molecule has 0 saturated heterocycles. The Morgan fingerprint density at radius 1 is 1.38 bits per heavy atom. The number of nitrogens with zero attached hydrogens (tertiary/aromatic N) is 1. The standard InChI is InChI=1S/C14H24N4O5S/c1-9(2)6-11(14(21)16-4-5-19)17-24(22,23)10-7-12(13(15)20)18(3)8-10/h7-9,11,17,19H,4-6H2,1-3H3,(H2,15,20)(H,16,21)/t11-/m0/s1. The van der Waals surface area contributed by atoms with Crippen LogP contribution in [0.25, 0.3) is 0 Å². The number of aliphatic hydroxyl groups excluding tert-OH is 1. The van der Waals surface area contributed by atoms with E-state index in [1.165, 1.54) is 17.8 Å². The topological polar surface area (TPSA) is 144 Å². The average molecular weight is 360 g/mol. The van der Waals surface area contributed by atoms with Gasteiger partial charge in [-0.25, -0.2) is 8.42 Å². The summed E-state index contributed by atoms with van der Waals surface area (Å²) >= 11 is 0. The normalized spacial score (nSPS) is 13.0. The number of aliphatic hydroxyl groups is 1. The fraction of sp³-hybridized carbons (Fsp3) is 0.571. The Hall–Kier alpha value is -1.91. The number of carbonyl (C=O) groups excluding carboxylic acids is 2. The van der Waals surface area contributed by atoms with E-state index in [4.69, 9.17) is 10.8 Å². The zero-order valence-electron chi connectivity index (χ0n) is 13.9. The van der Waals surface area contributed by atoms with Gasteiger partial charge < -0.3 is 20.7 Å². The highest BCUT2D eigenvalue weighted by Crippen LogP contribution is 2.15. The van der Waals surface area contributed by atoms with Gasteiger partial charge in [-0.05, 0) is 18.4 Å². The molecule has 5 N–H and O–H groups in total. The van der Waals surface area contributed by atoms with Crippen molar-refractivity contribution in [1.82, 2.24) is 14.6 Å². The van der Waals surface area contributed by atoms with E-state index < -0.39 is 27.9 Å². The van der Waals surface area contributed by atoms with Crippen molar-refractivity contribution >= 4 is 21.8 Å². The summed E-state index contributed by atoms with van der Waals surface area (Å²) in [6.07, 6.45) is 1.53. The highest BCUT2D eigenvalue weighted by atomic mass is 32.2. The predicted octanol–water partition coefficient (Wildman–Crippen LogP) is -1.07. The first-order chi connectivity index (χ1) is 11.1. The molecule has 0 saturated carbocycles. The molecule has 1 heterocycles. The van der Waals surface area contributed by atoms with Crippen LogP contribution in [0, 0.1) is 5.92 Å². The van der Waals surface area contributed by atoms with E-state index in [1.807, 2.05) is 13.8 Å². The van der Waals surface area contributed by atoms with Crippen LogP contribution in [-0.4, -0.2) is 49.1 Å². The second-order valence-corrected chi connectivity index (χ2v) is 7.57. The van der Waals surface area contributed by atoms with E-state index in [1.54, 1.807) is 0 Å². The molecule has 1 aromatic heterocycles. The number of nitrogens with two attached hydrogens (primary N) is 1. The molecule has 24 heavy (non-hydrogen) atoms. The number of hydrogen-bond donors (Lipinski definition) is 4. The van der Waals surface area contributed by atoms with Gasteiger partial charge in [0.2, 0.25) is 15.9 Å². The lowest BCUT2D eigenvalue weighted by atomic mass is 10.0. The van der Waals surface area contributed by atoms with Crippen molar-refractivity contribution in [1.29, 1.82) is 0 Å². The summed E-state index contributed by atoms with van der Waals surface area (Å²) in [5.41, 5.74) is 5.22. The molecule has 136 valence electrons. The molecule has 1 rings (SSSR count). The van der Waals surface area contributed by atoms with Crippen LogP contribution in [0.5, 0.6) is 0 Å². The van der Waals surface area contributed by atoms with Gasteiger partial charge >= 0.3 is 0 Å². The van der Waals surface area contributed by atoms with Crippen LogP contribution < -0.4 is 15.8 Å². The lowest BCUT2D eigenvalue weighted by Gasteiger charge is -2.19. The molecular formula is C14H24N4O5S. The van der Waals surface area contributed by atoms with E-state index in [-0.39, 0.29) is 36.1 Å². The Balaban J connectivity index is 3.04. The number of primary amides is 1. The summed E-state index contributed by atoms with van der Waals surface area (Å²) in [6.45, 7) is 3.50. The number of rotatable bonds is 9. The summed E-state index contributed by atoms with van der Waals surface area (Å²) in [5.74, 6) is -1.21. The Kier molecular flexibility index (Phi) is 6.93. The van der Waals surface area contributed by atoms with E-state index in [0.29, 0.717) is 0 Å². The maximum absolute atomic E-state index is 12.5. The van der Waals surface area contributed by atoms with Crippen molar-refractivity contribution in [2.75, 3.05) is 13.2 Å². The predicted molar refractivity (Wildman–Crippen MR) is 87.6 cm³/mol. The lowest BCUT2D eigenvalue weighted by Crippen LogP contribution is -2.47. The summed E-state index contributed by atoms with van der Waals surface area (Å²) < 4.78 is 28.6. The smallest absolute Gasteiger partial charge is 0.265 e. The largest absolute Gasteiger partial charge is 0.395 e. The van der Waals surface area contributed by atoms with Crippen molar-refractivity contribution in [3.05, 3.63) is 18.0 Å². The molecule has 0 fully saturated rings. The van der Waals surface area contributed by atoms with Gasteiger partial charge in [0, 0.05) is 19.8 Å². The zero-order chi connectivity index (χ0) is 18.5. The minimum absolute atomic E-state index is 0.0340. The molecule has 0 aromatic carbocycles. The van der Waals surface area contributed by atoms with E-state index in [0.717, 1.165) is 6.07 Å². The maximum atomic E-state index is 12.5. The number of amides is 2. The second-order valence-electron chi connectivity index (χ2n) is 5.85. The minimum atomic E-state index is -4.01. The molecule has 9 nitrogen and oxygen atoms in total. The number of carbonyl (C=O) groups is 2. The summed E-state index contributed by atoms with van der Waals surface area (Å²) in [6, 6.07) is 0.168. The highest BCUT2D eigenvalue weighted by Gasteiger charge is 2.27. The first-order valence-electron chi connectivity index (χ1n) is 7.45. The molecule has 0 bridgehead atoms. The number of nitrogens with one attached hydrogen (secondary N) is 2. The third-order valence-electron chi connectivity index (χ3n) is 3.27. The molecule has 1 atom stereocenters. The molecular weight excluding hydrogens is 336 g/mol. The van der Waals surface area contributed by atoms with Crippen molar-refractivity contribution in [3.8, 4) is 0 Å². The van der Waals surface area contributed by atoms with Gasteiger partial charge in [0.15, 0.2) is 0 Å². The molecule has 0 aliphatic rings. The van der Waals surface area contributed by atoms with Gasteiger partial charge in [-0.2, -0.15) is 4.72 Å². The number of sulfonamides is 1. The molecule has 0 unspecified atom stereocenters. The fourth-order valence-corrected chi connectivity index (χ4v) is 3.44. The Morgan fingerprint density at radius 2 is 2.00 bits per heavy atom. The number of aryl methyl sites for hydroxylation is 1. The fourth-order valence-electron chi connectivity index (χ4n) is 2.16. The second kappa shape index (κ2) is 8.27. The van der Waals surface area contributed by atoms with Crippen LogP contribution in [0.4, 0.5) is 0 Å². The van der Waals surface area contributed by atoms with Crippen molar-refractivity contribution in [2.24, 2.45) is 18.7 Å². The van der Waals surface area contributed by atoms with E-state index >= 15 is 0 Å². The van der Waals surface area contributed by atoms with Gasteiger partial charge in [0.1, 0.15) is 16.6 Å². The molecule has 0 aliphatic carbocycles. The Bertz CT molecular complexity index is 696.